The van der Waals surface area contributed by atoms with Gasteiger partial charge in [-0.15, -0.1) is 0 Å². The topological polar surface area (TPSA) is 110 Å². The summed E-state index contributed by atoms with van der Waals surface area (Å²) in [4.78, 5) is 34.6. The number of nitrogens with zero attached hydrogens (tertiary/aromatic N) is 4. The molecular weight excluding hydrogens is 456 g/mol. The Morgan fingerprint density at radius 3 is 2.31 bits per heavy atom. The van der Waals surface area contributed by atoms with Gasteiger partial charge in [0, 0.05) is 31.2 Å². The lowest BCUT2D eigenvalue weighted by Crippen LogP contribution is -2.51. The first-order valence-corrected chi connectivity index (χ1v) is 11.6. The van der Waals surface area contributed by atoms with Crippen LogP contribution in [-0.2, 0) is 19.6 Å². The molecule has 1 saturated heterocycles. The first-order chi connectivity index (χ1) is 15.3. The molecule has 9 nitrogen and oxygen atoms in total. The zero-order valence-electron chi connectivity index (χ0n) is 16.8. The predicted molar refractivity (Wildman–Crippen MR) is 117 cm³/mol. The highest BCUT2D eigenvalue weighted by atomic mass is 35.5. The average Bonchev–Trinajstić information content (AvgIpc) is 2.82. The number of sulfonamides is 1. The van der Waals surface area contributed by atoms with E-state index in [1.165, 1.54) is 39.7 Å². The van der Waals surface area contributed by atoms with Crippen molar-refractivity contribution in [1.29, 1.82) is 0 Å². The monoisotopic (exact) mass is 474 g/mol. The summed E-state index contributed by atoms with van der Waals surface area (Å²) in [5.74, 6) is -1.16. The van der Waals surface area contributed by atoms with Crippen molar-refractivity contribution < 1.29 is 22.7 Å². The molecule has 1 aromatic heterocycles. The lowest BCUT2D eigenvalue weighted by atomic mass is 10.3. The number of hydrogen-bond acceptors (Lipinski definition) is 7. The van der Waals surface area contributed by atoms with Gasteiger partial charge < -0.3 is 9.64 Å². The van der Waals surface area contributed by atoms with Crippen LogP contribution in [0.2, 0.25) is 5.02 Å². The molecule has 0 saturated carbocycles. The first-order valence-electron chi connectivity index (χ1n) is 9.77. The van der Waals surface area contributed by atoms with Crippen molar-refractivity contribution in [3.63, 3.8) is 0 Å². The predicted octanol–water partition coefficient (Wildman–Crippen LogP) is 1.97. The maximum atomic E-state index is 12.7. The summed E-state index contributed by atoms with van der Waals surface area (Å²) in [6.07, 6.45) is 1.30. The Morgan fingerprint density at radius 2 is 1.62 bits per heavy atom. The molecule has 2 heterocycles. The molecule has 1 amide bonds. The fourth-order valence-electron chi connectivity index (χ4n) is 3.28. The second kappa shape index (κ2) is 9.19. The number of aromatic nitrogens is 2. The third-order valence-corrected chi connectivity index (χ3v) is 7.19. The molecule has 0 atom stereocenters. The van der Waals surface area contributed by atoms with E-state index in [9.17, 15) is 18.0 Å². The van der Waals surface area contributed by atoms with E-state index in [0.29, 0.717) is 16.1 Å². The van der Waals surface area contributed by atoms with Crippen LogP contribution in [0.25, 0.3) is 11.0 Å². The van der Waals surface area contributed by atoms with Gasteiger partial charge in [-0.05, 0) is 36.4 Å². The minimum Gasteiger partial charge on any atom is -0.451 e. The van der Waals surface area contributed by atoms with Gasteiger partial charge in [0.05, 0.1) is 22.1 Å². The number of hydrogen-bond donors (Lipinski definition) is 0. The Kier molecular flexibility index (Phi) is 6.35. The van der Waals surface area contributed by atoms with Crippen LogP contribution in [0.4, 0.5) is 0 Å². The lowest BCUT2D eigenvalue weighted by molar-refractivity contribution is -0.135. The van der Waals surface area contributed by atoms with Crippen molar-refractivity contribution in [1.82, 2.24) is 19.2 Å². The molecule has 1 aliphatic rings. The zero-order valence-corrected chi connectivity index (χ0v) is 18.4. The normalized spacial score (nSPS) is 15.0. The van der Waals surface area contributed by atoms with E-state index in [2.05, 4.69) is 9.97 Å². The fraction of sp³-hybridized carbons (Fsp3) is 0.238. The van der Waals surface area contributed by atoms with Gasteiger partial charge in [-0.25, -0.2) is 18.2 Å². The van der Waals surface area contributed by atoms with Crippen LogP contribution in [0.1, 0.15) is 10.5 Å². The standard InChI is InChI=1S/C21H19ClN4O5S/c22-15-5-7-16(8-6-15)32(29,30)26-11-9-25(10-12-26)20(27)14-31-21(28)19-13-23-17-3-1-2-4-18(17)24-19/h1-8,13H,9-12,14H2. The number of para-hydroxylation sites is 2. The highest BCUT2D eigenvalue weighted by Crippen LogP contribution is 2.20. The van der Waals surface area contributed by atoms with Crippen molar-refractivity contribution in [3.8, 4) is 0 Å². The molecule has 0 radical (unpaired) electrons. The van der Waals surface area contributed by atoms with Gasteiger partial charge in [-0.2, -0.15) is 4.31 Å². The maximum absolute atomic E-state index is 12.7. The maximum Gasteiger partial charge on any atom is 0.359 e. The SMILES string of the molecule is O=C(OCC(=O)N1CCN(S(=O)(=O)c2ccc(Cl)cc2)CC1)c1cnc2ccccc2n1. The number of amides is 1. The Balaban J connectivity index is 1.31. The molecule has 0 aliphatic carbocycles. The minimum absolute atomic E-state index is 0.00961. The first kappa shape index (κ1) is 22.1. The van der Waals surface area contributed by atoms with Crippen molar-refractivity contribution in [2.24, 2.45) is 0 Å². The van der Waals surface area contributed by atoms with Crippen LogP contribution in [-0.4, -0.2) is 72.3 Å². The van der Waals surface area contributed by atoms with E-state index >= 15 is 0 Å². The van der Waals surface area contributed by atoms with E-state index in [0.717, 1.165) is 0 Å². The number of halogens is 1. The molecule has 32 heavy (non-hydrogen) atoms. The average molecular weight is 475 g/mol. The van der Waals surface area contributed by atoms with Gasteiger partial charge in [-0.3, -0.25) is 9.78 Å². The zero-order chi connectivity index (χ0) is 22.7. The number of piperazine rings is 1. The Bertz CT molecular complexity index is 1260. The van der Waals surface area contributed by atoms with Gasteiger partial charge >= 0.3 is 5.97 Å². The van der Waals surface area contributed by atoms with Gasteiger partial charge in [0.1, 0.15) is 0 Å². The molecule has 4 rings (SSSR count). The van der Waals surface area contributed by atoms with Crippen molar-refractivity contribution in [2.45, 2.75) is 4.90 Å². The third kappa shape index (κ3) is 4.72. The molecule has 0 N–H and O–H groups in total. The summed E-state index contributed by atoms with van der Waals surface area (Å²) in [6.45, 7) is 0.205. The molecular formula is C21H19ClN4O5S. The fourth-order valence-corrected chi connectivity index (χ4v) is 4.83. The van der Waals surface area contributed by atoms with E-state index in [-0.39, 0.29) is 36.8 Å². The van der Waals surface area contributed by atoms with Gasteiger partial charge in [0.25, 0.3) is 5.91 Å². The lowest BCUT2D eigenvalue weighted by Gasteiger charge is -2.33. The molecule has 0 unspecified atom stereocenters. The molecule has 166 valence electrons. The summed E-state index contributed by atoms with van der Waals surface area (Å²) < 4.78 is 31.9. The van der Waals surface area contributed by atoms with E-state index in [1.54, 1.807) is 18.2 Å². The summed E-state index contributed by atoms with van der Waals surface area (Å²) in [7, 11) is -3.67. The quantitative estimate of drug-likeness (QED) is 0.520. The van der Waals surface area contributed by atoms with Crippen molar-refractivity contribution in [3.05, 3.63) is 65.4 Å². The smallest absolute Gasteiger partial charge is 0.359 e. The summed E-state index contributed by atoms with van der Waals surface area (Å²) in [6, 6.07) is 13.0. The van der Waals surface area contributed by atoms with Crippen molar-refractivity contribution >= 4 is 44.5 Å². The van der Waals surface area contributed by atoms with Gasteiger partial charge in [-0.1, -0.05) is 23.7 Å². The number of rotatable bonds is 5. The van der Waals surface area contributed by atoms with E-state index in [4.69, 9.17) is 16.3 Å². The molecule has 3 aromatic rings. The summed E-state index contributed by atoms with van der Waals surface area (Å²) >= 11 is 5.82. The number of carbonyl (C=O) groups excluding carboxylic acids is 2. The largest absolute Gasteiger partial charge is 0.451 e. The number of carbonyl (C=O) groups is 2. The molecule has 1 fully saturated rings. The van der Waals surface area contributed by atoms with Gasteiger partial charge in [0.2, 0.25) is 10.0 Å². The number of ether oxygens (including phenoxy) is 1. The number of esters is 1. The highest BCUT2D eigenvalue weighted by molar-refractivity contribution is 7.89. The summed E-state index contributed by atoms with van der Waals surface area (Å²) in [5.41, 5.74) is 1.20. The van der Waals surface area contributed by atoms with Crippen LogP contribution in [0.5, 0.6) is 0 Å². The summed E-state index contributed by atoms with van der Waals surface area (Å²) in [5, 5.41) is 0.448. The second-order valence-electron chi connectivity index (χ2n) is 7.06. The second-order valence-corrected chi connectivity index (χ2v) is 9.43. The molecule has 0 spiro atoms. The van der Waals surface area contributed by atoms with Gasteiger partial charge in [0.15, 0.2) is 12.3 Å². The number of fused-ring (bicyclic) bond motifs is 1. The van der Waals surface area contributed by atoms with Crippen LogP contribution in [0, 0.1) is 0 Å². The minimum atomic E-state index is -3.67. The molecule has 11 heteroatoms. The van der Waals surface area contributed by atoms with Crippen LogP contribution < -0.4 is 0 Å². The van der Waals surface area contributed by atoms with Crippen LogP contribution in [0.3, 0.4) is 0 Å². The number of benzene rings is 2. The Morgan fingerprint density at radius 1 is 0.969 bits per heavy atom. The Hall–Kier alpha value is -3.08. The van der Waals surface area contributed by atoms with Crippen LogP contribution >= 0.6 is 11.6 Å². The molecule has 0 bridgehead atoms. The third-order valence-electron chi connectivity index (χ3n) is 5.03. The van der Waals surface area contributed by atoms with Crippen molar-refractivity contribution in [2.75, 3.05) is 32.8 Å². The Labute approximate surface area is 189 Å². The van der Waals surface area contributed by atoms with E-state index in [1.807, 2.05) is 6.07 Å². The molecule has 1 aliphatic heterocycles. The van der Waals surface area contributed by atoms with E-state index < -0.39 is 28.5 Å². The highest BCUT2D eigenvalue weighted by Gasteiger charge is 2.30. The molecule has 2 aromatic carbocycles. The van der Waals surface area contributed by atoms with Crippen LogP contribution in [0.15, 0.2) is 59.6 Å².